The monoisotopic (exact) mass is 318 g/mol. The molecule has 0 amide bonds. The van der Waals surface area contributed by atoms with Gasteiger partial charge in [0.1, 0.15) is 0 Å². The highest BCUT2D eigenvalue weighted by Crippen LogP contribution is 2.61. The first-order valence-electron chi connectivity index (χ1n) is 8.71. The molecule has 0 bridgehead atoms. The Bertz CT molecular complexity index is 571. The first kappa shape index (κ1) is 18.0. The second-order valence-electron chi connectivity index (χ2n) is 8.24. The van der Waals surface area contributed by atoms with E-state index in [4.69, 9.17) is 5.11 Å². The van der Waals surface area contributed by atoms with Gasteiger partial charge in [0.25, 0.3) is 0 Å². The summed E-state index contributed by atoms with van der Waals surface area (Å²) < 4.78 is 0. The van der Waals surface area contributed by atoms with Gasteiger partial charge in [0.15, 0.2) is 5.78 Å². The van der Waals surface area contributed by atoms with Crippen LogP contribution in [-0.4, -0.2) is 16.9 Å². The predicted molar refractivity (Wildman–Crippen MR) is 92.1 cm³/mol. The summed E-state index contributed by atoms with van der Waals surface area (Å²) in [4.78, 5) is 23.0. The van der Waals surface area contributed by atoms with Crippen LogP contribution in [0.3, 0.4) is 0 Å². The molecular formula is C20H30O3. The van der Waals surface area contributed by atoms with Crippen molar-refractivity contribution in [2.45, 2.75) is 66.7 Å². The summed E-state index contributed by atoms with van der Waals surface area (Å²) in [6.07, 6.45) is 7.85. The molecule has 0 aromatic carbocycles. The molecule has 0 unspecified atom stereocenters. The maximum absolute atomic E-state index is 12.2. The average Bonchev–Trinajstić information content (AvgIpc) is 2.44. The average molecular weight is 318 g/mol. The Labute approximate surface area is 139 Å². The third-order valence-electron chi connectivity index (χ3n) is 6.90. The molecule has 3 nitrogen and oxygen atoms in total. The predicted octanol–water partition coefficient (Wildman–Crippen LogP) is 4.78. The number of hydrogen-bond donors (Lipinski definition) is 1. The number of rotatable bonds is 4. The highest BCUT2D eigenvalue weighted by molar-refractivity contribution is 5.92. The van der Waals surface area contributed by atoms with E-state index in [1.807, 2.05) is 13.0 Å². The maximum atomic E-state index is 12.2. The van der Waals surface area contributed by atoms with Gasteiger partial charge in [-0.2, -0.15) is 0 Å². The molecule has 2 aliphatic rings. The van der Waals surface area contributed by atoms with Gasteiger partial charge >= 0.3 is 5.97 Å². The van der Waals surface area contributed by atoms with Crippen LogP contribution in [0.4, 0.5) is 0 Å². The van der Waals surface area contributed by atoms with Gasteiger partial charge in [0.05, 0.1) is 0 Å². The Kier molecular flexibility index (Phi) is 4.89. The molecule has 0 saturated heterocycles. The lowest BCUT2D eigenvalue weighted by Gasteiger charge is -2.57. The first-order valence-corrected chi connectivity index (χ1v) is 8.71. The Hall–Kier alpha value is -1.38. The fraction of sp³-hybridized carbons (Fsp3) is 0.700. The number of allylic oxidation sites excluding steroid dienone is 3. The fourth-order valence-electron chi connectivity index (χ4n) is 4.86. The number of aliphatic carboxylic acids is 1. The number of fused-ring (bicyclic) bond motifs is 1. The molecule has 4 atom stereocenters. The standard InChI is InChI=1S/C20H30O3/c1-13(10-18(22)23)6-8-19(4)14(2)7-9-20(5)15(3)11-16(21)12-17(19)20/h10-11,14,17H,6-9,12H2,1-5H3,(H,22,23)/b13-10+/t14-,17-,19+,20+/m1/s1. The van der Waals surface area contributed by atoms with Crippen molar-refractivity contribution >= 4 is 11.8 Å². The number of carbonyl (C=O) groups excluding carboxylic acids is 1. The van der Waals surface area contributed by atoms with Gasteiger partial charge in [-0.3, -0.25) is 4.79 Å². The number of hydrogen-bond acceptors (Lipinski definition) is 2. The minimum absolute atomic E-state index is 0.0752. The number of ketones is 1. The minimum atomic E-state index is -0.874. The summed E-state index contributed by atoms with van der Waals surface area (Å²) in [6.45, 7) is 10.9. The molecule has 3 heteroatoms. The molecule has 0 heterocycles. The smallest absolute Gasteiger partial charge is 0.328 e. The largest absolute Gasteiger partial charge is 0.478 e. The Morgan fingerprint density at radius 2 is 2.09 bits per heavy atom. The van der Waals surface area contributed by atoms with Gasteiger partial charge < -0.3 is 5.11 Å². The van der Waals surface area contributed by atoms with Crippen LogP contribution in [0.5, 0.6) is 0 Å². The fourth-order valence-corrected chi connectivity index (χ4v) is 4.86. The summed E-state index contributed by atoms with van der Waals surface area (Å²) >= 11 is 0. The Morgan fingerprint density at radius 1 is 1.43 bits per heavy atom. The second kappa shape index (κ2) is 6.26. The molecule has 0 aliphatic heterocycles. The molecule has 0 spiro atoms. The van der Waals surface area contributed by atoms with Gasteiger partial charge in [-0.15, -0.1) is 0 Å². The van der Waals surface area contributed by atoms with Crippen LogP contribution < -0.4 is 0 Å². The molecule has 1 N–H and O–H groups in total. The van der Waals surface area contributed by atoms with Gasteiger partial charge in [0, 0.05) is 12.5 Å². The van der Waals surface area contributed by atoms with Crippen molar-refractivity contribution in [3.63, 3.8) is 0 Å². The third kappa shape index (κ3) is 3.29. The molecule has 128 valence electrons. The highest BCUT2D eigenvalue weighted by atomic mass is 16.4. The number of carboxylic acids is 1. The Morgan fingerprint density at radius 3 is 2.70 bits per heavy atom. The van der Waals surface area contributed by atoms with E-state index in [2.05, 4.69) is 27.7 Å². The van der Waals surface area contributed by atoms with Crippen LogP contribution in [0.15, 0.2) is 23.3 Å². The third-order valence-corrected chi connectivity index (χ3v) is 6.90. The molecule has 2 aliphatic carbocycles. The van der Waals surface area contributed by atoms with E-state index in [-0.39, 0.29) is 16.6 Å². The van der Waals surface area contributed by atoms with E-state index in [9.17, 15) is 9.59 Å². The zero-order valence-corrected chi connectivity index (χ0v) is 15.1. The summed E-state index contributed by atoms with van der Waals surface area (Å²) in [5.74, 6) is 0.287. The van der Waals surface area contributed by atoms with E-state index < -0.39 is 5.97 Å². The maximum Gasteiger partial charge on any atom is 0.328 e. The van der Waals surface area contributed by atoms with Crippen LogP contribution in [0.25, 0.3) is 0 Å². The van der Waals surface area contributed by atoms with Crippen molar-refractivity contribution in [1.29, 1.82) is 0 Å². The van der Waals surface area contributed by atoms with Crippen molar-refractivity contribution in [3.05, 3.63) is 23.3 Å². The lowest BCUT2D eigenvalue weighted by Crippen LogP contribution is -2.50. The van der Waals surface area contributed by atoms with Crippen LogP contribution in [0.2, 0.25) is 0 Å². The van der Waals surface area contributed by atoms with E-state index >= 15 is 0 Å². The van der Waals surface area contributed by atoms with Crippen molar-refractivity contribution < 1.29 is 14.7 Å². The quantitative estimate of drug-likeness (QED) is 0.759. The van der Waals surface area contributed by atoms with Crippen LogP contribution in [0, 0.1) is 22.7 Å². The van der Waals surface area contributed by atoms with Gasteiger partial charge in [-0.25, -0.2) is 4.79 Å². The summed E-state index contributed by atoms with van der Waals surface area (Å²) in [5, 5.41) is 8.91. The minimum Gasteiger partial charge on any atom is -0.478 e. The van der Waals surface area contributed by atoms with E-state index in [1.165, 1.54) is 18.1 Å². The summed E-state index contributed by atoms with van der Waals surface area (Å²) in [5.41, 5.74) is 2.33. The van der Waals surface area contributed by atoms with Crippen LogP contribution in [-0.2, 0) is 9.59 Å². The molecule has 0 radical (unpaired) electrons. The van der Waals surface area contributed by atoms with Crippen LogP contribution in [0.1, 0.15) is 66.7 Å². The Balaban J connectivity index is 2.29. The number of carbonyl (C=O) groups is 2. The molecule has 23 heavy (non-hydrogen) atoms. The topological polar surface area (TPSA) is 54.4 Å². The lowest BCUT2D eigenvalue weighted by molar-refractivity contribution is -0.131. The summed E-state index contributed by atoms with van der Waals surface area (Å²) in [6, 6.07) is 0. The first-order chi connectivity index (χ1) is 10.6. The molecule has 0 aromatic heterocycles. The van der Waals surface area contributed by atoms with Gasteiger partial charge in [-0.1, -0.05) is 31.9 Å². The lowest BCUT2D eigenvalue weighted by atomic mass is 9.47. The van der Waals surface area contributed by atoms with E-state index in [0.29, 0.717) is 18.3 Å². The zero-order valence-electron chi connectivity index (χ0n) is 15.1. The van der Waals surface area contributed by atoms with Crippen molar-refractivity contribution in [3.8, 4) is 0 Å². The van der Waals surface area contributed by atoms with Crippen molar-refractivity contribution in [2.24, 2.45) is 22.7 Å². The van der Waals surface area contributed by atoms with E-state index in [1.54, 1.807) is 0 Å². The van der Waals surface area contributed by atoms with Crippen molar-refractivity contribution in [2.75, 3.05) is 0 Å². The highest BCUT2D eigenvalue weighted by Gasteiger charge is 2.54. The molecule has 2 rings (SSSR count). The molecule has 1 fully saturated rings. The molecule has 1 saturated carbocycles. The second-order valence-corrected chi connectivity index (χ2v) is 8.24. The normalized spacial score (nSPS) is 38.0. The number of carboxylic acid groups (broad SMARTS) is 1. The van der Waals surface area contributed by atoms with Crippen molar-refractivity contribution in [1.82, 2.24) is 0 Å². The molecule has 0 aromatic rings. The van der Waals surface area contributed by atoms with E-state index in [0.717, 1.165) is 24.8 Å². The van der Waals surface area contributed by atoms with Gasteiger partial charge in [0.2, 0.25) is 0 Å². The SMILES string of the molecule is CC1=CC(=O)C[C@@H]2[C@@](C)(CC/C(C)=C/C(=O)O)[C@H](C)CC[C@@]12C. The molecular weight excluding hydrogens is 288 g/mol. The van der Waals surface area contributed by atoms with Crippen LogP contribution >= 0.6 is 0 Å². The van der Waals surface area contributed by atoms with Gasteiger partial charge in [-0.05, 0) is 68.3 Å². The summed E-state index contributed by atoms with van der Waals surface area (Å²) in [7, 11) is 0. The zero-order chi connectivity index (χ0) is 17.4.